The van der Waals surface area contributed by atoms with Gasteiger partial charge in [-0.1, -0.05) is 236 Å². The third kappa shape index (κ3) is 42.2. The van der Waals surface area contributed by atoms with Gasteiger partial charge in [-0.15, -0.1) is 0 Å². The Labute approximate surface area is 355 Å². The molecule has 1 amide bonds. The highest BCUT2D eigenvalue weighted by Gasteiger charge is 2.22. The van der Waals surface area contributed by atoms with Crippen molar-refractivity contribution in [2.45, 2.75) is 270 Å². The molecule has 0 aliphatic carbocycles. The van der Waals surface area contributed by atoms with E-state index in [2.05, 4.69) is 55.6 Å². The zero-order valence-corrected chi connectivity index (χ0v) is 38.0. The quantitative estimate of drug-likeness (QED) is 0.0365. The van der Waals surface area contributed by atoms with Gasteiger partial charge in [-0.2, -0.15) is 0 Å². The highest BCUT2D eigenvalue weighted by Crippen LogP contribution is 2.15. The Morgan fingerprint density at radius 1 is 0.439 bits per heavy atom. The molecule has 3 atom stereocenters. The zero-order chi connectivity index (χ0) is 41.5. The summed E-state index contributed by atoms with van der Waals surface area (Å²) in [6, 6.07) is -0.818. The Morgan fingerprint density at radius 2 is 0.772 bits per heavy atom. The normalized spacial score (nSPS) is 13.8. The number of amides is 1. The minimum absolute atomic E-state index is 0.379. The summed E-state index contributed by atoms with van der Waals surface area (Å²) >= 11 is 0. The maximum Gasteiger partial charge on any atom is 0.249 e. The summed E-state index contributed by atoms with van der Waals surface area (Å²) < 4.78 is 0. The number of carbonyl (C=O) groups excluding carboxylic acids is 1. The second kappa shape index (κ2) is 47.0. The third-order valence-corrected chi connectivity index (χ3v) is 11.4. The van der Waals surface area contributed by atoms with E-state index in [1.165, 1.54) is 186 Å². The van der Waals surface area contributed by atoms with Crippen molar-refractivity contribution in [2.24, 2.45) is 0 Å². The first-order valence-electron chi connectivity index (χ1n) is 25.0. The molecule has 0 bridgehead atoms. The second-order valence-electron chi connectivity index (χ2n) is 17.0. The van der Waals surface area contributed by atoms with Gasteiger partial charge in [0.2, 0.25) is 5.91 Å². The Balaban J connectivity index is 3.69. The molecule has 0 heterocycles. The molecule has 0 rings (SSSR count). The SMILES string of the molecule is CCCCCCCCCCC/C=C\C/C=C\CCCCCCCCCCC(O)C(=O)NC(CO)C(O)/C=C/CC/C=C/CCCCCCCCCCCCCCC. The maximum absolute atomic E-state index is 12.5. The van der Waals surface area contributed by atoms with Gasteiger partial charge in [0.15, 0.2) is 0 Å². The van der Waals surface area contributed by atoms with Crippen molar-refractivity contribution in [2.75, 3.05) is 6.61 Å². The predicted octanol–water partition coefficient (Wildman–Crippen LogP) is 14.9. The van der Waals surface area contributed by atoms with E-state index in [0.29, 0.717) is 6.42 Å². The van der Waals surface area contributed by atoms with E-state index in [1.807, 2.05) is 6.08 Å². The molecule has 0 aliphatic heterocycles. The first-order chi connectivity index (χ1) is 28.1. The molecule has 0 saturated carbocycles. The Hall–Kier alpha value is -1.69. The lowest BCUT2D eigenvalue weighted by Gasteiger charge is -2.21. The van der Waals surface area contributed by atoms with Crippen LogP contribution < -0.4 is 5.32 Å². The molecule has 0 saturated heterocycles. The van der Waals surface area contributed by atoms with Crippen molar-refractivity contribution in [3.8, 4) is 0 Å². The van der Waals surface area contributed by atoms with Crippen LogP contribution in [0, 0.1) is 0 Å². The van der Waals surface area contributed by atoms with E-state index in [4.69, 9.17) is 0 Å². The van der Waals surface area contributed by atoms with Gasteiger partial charge >= 0.3 is 0 Å². The zero-order valence-electron chi connectivity index (χ0n) is 38.0. The average molecular weight is 800 g/mol. The van der Waals surface area contributed by atoms with Crippen LogP contribution in [0.3, 0.4) is 0 Å². The fraction of sp³-hybridized carbons (Fsp3) is 0.827. The van der Waals surface area contributed by atoms with Gasteiger partial charge < -0.3 is 20.6 Å². The van der Waals surface area contributed by atoms with E-state index >= 15 is 0 Å². The molecule has 0 aromatic heterocycles. The molecule has 4 N–H and O–H groups in total. The van der Waals surface area contributed by atoms with Crippen molar-refractivity contribution in [3.63, 3.8) is 0 Å². The molecule has 0 aromatic rings. The van der Waals surface area contributed by atoms with Gasteiger partial charge in [-0.3, -0.25) is 4.79 Å². The maximum atomic E-state index is 12.5. The van der Waals surface area contributed by atoms with E-state index in [1.54, 1.807) is 6.08 Å². The lowest BCUT2D eigenvalue weighted by Crippen LogP contribution is -2.48. The van der Waals surface area contributed by atoms with Gasteiger partial charge in [0.1, 0.15) is 6.10 Å². The fourth-order valence-corrected chi connectivity index (χ4v) is 7.47. The van der Waals surface area contributed by atoms with Crippen molar-refractivity contribution >= 4 is 5.91 Å². The number of nitrogens with one attached hydrogen (secondary N) is 1. The molecule has 0 fully saturated rings. The third-order valence-electron chi connectivity index (χ3n) is 11.4. The van der Waals surface area contributed by atoms with Gasteiger partial charge in [-0.25, -0.2) is 0 Å². The fourth-order valence-electron chi connectivity index (χ4n) is 7.47. The van der Waals surface area contributed by atoms with E-state index < -0.39 is 24.2 Å². The van der Waals surface area contributed by atoms with Crippen LogP contribution in [0.5, 0.6) is 0 Å². The van der Waals surface area contributed by atoms with Gasteiger partial charge in [0, 0.05) is 0 Å². The van der Waals surface area contributed by atoms with Crippen molar-refractivity contribution in [1.82, 2.24) is 5.32 Å². The molecule has 0 aromatic carbocycles. The summed E-state index contributed by atoms with van der Waals surface area (Å²) in [4.78, 5) is 12.5. The number of allylic oxidation sites excluding steroid dienone is 7. The molecular weight excluding hydrogens is 703 g/mol. The smallest absolute Gasteiger partial charge is 0.249 e. The monoisotopic (exact) mass is 800 g/mol. The Kier molecular flexibility index (Phi) is 45.6. The van der Waals surface area contributed by atoms with Crippen molar-refractivity contribution < 1.29 is 20.1 Å². The summed E-state index contributed by atoms with van der Waals surface area (Å²) in [7, 11) is 0. The standard InChI is InChI=1S/C52H97NO4/c1-3-5-7-9-11-13-15-17-19-21-23-24-25-26-27-29-31-33-35-37-39-41-43-45-47-51(56)52(57)53-49(48-54)50(55)46-44-42-40-38-36-34-32-30-28-22-20-18-16-14-12-10-8-6-4-2/h23-24,26-27,36,38,44,46,49-51,54-56H,3-22,25,28-35,37,39-43,45,47-48H2,1-2H3,(H,53,57)/b24-23-,27-26-,38-36+,46-44+. The van der Waals surface area contributed by atoms with Crippen LogP contribution in [0.4, 0.5) is 0 Å². The lowest BCUT2D eigenvalue weighted by molar-refractivity contribution is -0.131. The van der Waals surface area contributed by atoms with Crippen LogP contribution >= 0.6 is 0 Å². The molecular formula is C52H97NO4. The van der Waals surface area contributed by atoms with Crippen LogP contribution in [0.25, 0.3) is 0 Å². The van der Waals surface area contributed by atoms with Crippen LogP contribution in [-0.4, -0.2) is 46.1 Å². The average Bonchev–Trinajstić information content (AvgIpc) is 3.22. The highest BCUT2D eigenvalue weighted by molar-refractivity contribution is 5.80. The van der Waals surface area contributed by atoms with Crippen molar-refractivity contribution in [1.29, 1.82) is 0 Å². The lowest BCUT2D eigenvalue weighted by atomic mass is 10.0. The highest BCUT2D eigenvalue weighted by atomic mass is 16.3. The largest absolute Gasteiger partial charge is 0.394 e. The van der Waals surface area contributed by atoms with Gasteiger partial charge in [0.25, 0.3) is 0 Å². The Bertz CT molecular complexity index is 927. The number of carbonyl (C=O) groups is 1. The van der Waals surface area contributed by atoms with Gasteiger partial charge in [0.05, 0.1) is 18.8 Å². The first-order valence-corrected chi connectivity index (χ1v) is 25.0. The van der Waals surface area contributed by atoms with Crippen LogP contribution in [0.1, 0.15) is 251 Å². The summed E-state index contributed by atoms with van der Waals surface area (Å²) in [6.07, 6.45) is 61.6. The van der Waals surface area contributed by atoms with Crippen molar-refractivity contribution in [3.05, 3.63) is 48.6 Å². The van der Waals surface area contributed by atoms with Crippen LogP contribution in [0.2, 0.25) is 0 Å². The molecule has 0 radical (unpaired) electrons. The number of aliphatic hydroxyl groups is 3. The summed E-state index contributed by atoms with van der Waals surface area (Å²) in [6.45, 7) is 4.18. The molecule has 5 heteroatoms. The summed E-state index contributed by atoms with van der Waals surface area (Å²) in [5, 5.41) is 33.2. The number of rotatable bonds is 45. The summed E-state index contributed by atoms with van der Waals surface area (Å²) in [5.74, 6) is -0.517. The first kappa shape index (κ1) is 55.3. The predicted molar refractivity (Wildman–Crippen MR) is 250 cm³/mol. The van der Waals surface area contributed by atoms with Crippen LogP contribution in [0.15, 0.2) is 48.6 Å². The van der Waals surface area contributed by atoms with E-state index in [0.717, 1.165) is 44.9 Å². The number of unbranched alkanes of at least 4 members (excludes halogenated alkanes) is 31. The van der Waals surface area contributed by atoms with E-state index in [-0.39, 0.29) is 6.61 Å². The second-order valence-corrected chi connectivity index (χ2v) is 17.0. The minimum Gasteiger partial charge on any atom is -0.394 e. The number of hydrogen-bond donors (Lipinski definition) is 4. The van der Waals surface area contributed by atoms with Crippen LogP contribution in [-0.2, 0) is 4.79 Å². The topological polar surface area (TPSA) is 89.8 Å². The molecule has 0 aliphatic rings. The molecule has 0 spiro atoms. The van der Waals surface area contributed by atoms with Gasteiger partial charge in [-0.05, 0) is 64.2 Å². The number of aliphatic hydroxyl groups excluding tert-OH is 3. The minimum atomic E-state index is -1.11. The molecule has 334 valence electrons. The van der Waals surface area contributed by atoms with E-state index in [9.17, 15) is 20.1 Å². The molecule has 3 unspecified atom stereocenters. The molecule has 5 nitrogen and oxygen atoms in total. The Morgan fingerprint density at radius 3 is 1.18 bits per heavy atom. The number of hydrogen-bond acceptors (Lipinski definition) is 4. The molecule has 57 heavy (non-hydrogen) atoms. The summed E-state index contributed by atoms with van der Waals surface area (Å²) in [5.41, 5.74) is 0.